The summed E-state index contributed by atoms with van der Waals surface area (Å²) < 4.78 is 11.1. The van der Waals surface area contributed by atoms with Crippen LogP contribution in [0.15, 0.2) is 41.8 Å². The van der Waals surface area contributed by atoms with Crippen molar-refractivity contribution < 1.29 is 14.3 Å². The molecular weight excluding hydrogens is 326 g/mol. The van der Waals surface area contributed by atoms with E-state index in [1.54, 1.807) is 0 Å². The van der Waals surface area contributed by atoms with Crippen molar-refractivity contribution in [2.75, 3.05) is 19.0 Å². The number of H-pyrrole nitrogens is 1. The molecule has 0 aliphatic carbocycles. The van der Waals surface area contributed by atoms with Gasteiger partial charge in [-0.2, -0.15) is 5.10 Å². The number of nitrogens with one attached hydrogen (secondary N) is 1. The number of aromatic amines is 1. The summed E-state index contributed by atoms with van der Waals surface area (Å²) in [7, 11) is 0. The lowest BCUT2D eigenvalue weighted by Gasteiger charge is -2.17. The average Bonchev–Trinajstić information content (AvgIpc) is 3.09. The molecule has 1 atom stereocenters. The number of carbonyl (C=O) groups excluding carboxylic acids is 1. The molecule has 2 rings (SSSR count). The van der Waals surface area contributed by atoms with Gasteiger partial charge in [0.25, 0.3) is 0 Å². The second-order valence-electron chi connectivity index (χ2n) is 5.71. The van der Waals surface area contributed by atoms with Crippen molar-refractivity contribution >= 4 is 17.7 Å². The van der Waals surface area contributed by atoms with Crippen molar-refractivity contribution in [3.05, 3.63) is 42.2 Å². The van der Waals surface area contributed by atoms with Gasteiger partial charge in [-0.1, -0.05) is 55.9 Å². The van der Waals surface area contributed by atoms with Crippen molar-refractivity contribution in [2.45, 2.75) is 31.5 Å². The molecule has 2 aromatic rings. The Balaban J connectivity index is 1.86. The fourth-order valence-electron chi connectivity index (χ4n) is 1.98. The lowest BCUT2D eigenvalue weighted by molar-refractivity contribution is -0.149. The Hall–Kier alpha value is -1.86. The molecule has 0 spiro atoms. The summed E-state index contributed by atoms with van der Waals surface area (Å²) in [6, 6.07) is 9.70. The Morgan fingerprint density at radius 1 is 1.29 bits per heavy atom. The van der Waals surface area contributed by atoms with Gasteiger partial charge in [0, 0.05) is 12.4 Å². The number of nitrogens with zero attached hydrogens (tertiary/aromatic N) is 2. The lowest BCUT2D eigenvalue weighted by atomic mass is 10.1. The fraction of sp³-hybridized carbons (Fsp3) is 0.471. The van der Waals surface area contributed by atoms with Gasteiger partial charge in [-0.15, -0.1) is 0 Å². The maximum absolute atomic E-state index is 12.1. The fourth-order valence-corrected chi connectivity index (χ4v) is 2.79. The number of ether oxygens (including phenoxy) is 2. The van der Waals surface area contributed by atoms with E-state index < -0.39 is 0 Å². The molecule has 0 amide bonds. The van der Waals surface area contributed by atoms with Gasteiger partial charge in [-0.3, -0.25) is 9.89 Å². The SMILES string of the molecule is CC(C)COCCC(=O)O[C@H](CSc1ncn[nH]1)c1ccccc1. The number of carbonyl (C=O) groups is 1. The number of rotatable bonds is 10. The van der Waals surface area contributed by atoms with Gasteiger partial charge in [0.1, 0.15) is 12.4 Å². The van der Waals surface area contributed by atoms with E-state index in [1.807, 2.05) is 30.3 Å². The summed E-state index contributed by atoms with van der Waals surface area (Å²) in [6.45, 7) is 5.18. The molecule has 24 heavy (non-hydrogen) atoms. The van der Waals surface area contributed by atoms with E-state index in [2.05, 4.69) is 29.0 Å². The van der Waals surface area contributed by atoms with E-state index in [4.69, 9.17) is 9.47 Å². The Bertz CT molecular complexity index is 590. The van der Waals surface area contributed by atoms with Crippen molar-refractivity contribution in [3.8, 4) is 0 Å². The Morgan fingerprint density at radius 3 is 2.75 bits per heavy atom. The van der Waals surface area contributed by atoms with Gasteiger partial charge in [0.2, 0.25) is 0 Å². The van der Waals surface area contributed by atoms with Crippen LogP contribution >= 0.6 is 11.8 Å². The molecule has 1 N–H and O–H groups in total. The van der Waals surface area contributed by atoms with Gasteiger partial charge in [-0.05, 0) is 11.5 Å². The van der Waals surface area contributed by atoms with Crippen molar-refractivity contribution in [1.29, 1.82) is 0 Å². The zero-order chi connectivity index (χ0) is 17.2. The zero-order valence-electron chi connectivity index (χ0n) is 14.0. The quantitative estimate of drug-likeness (QED) is 0.403. The number of thioether (sulfide) groups is 1. The highest BCUT2D eigenvalue weighted by Gasteiger charge is 2.18. The molecule has 130 valence electrons. The Labute approximate surface area is 146 Å². The van der Waals surface area contributed by atoms with Crippen LogP contribution < -0.4 is 0 Å². The summed E-state index contributed by atoms with van der Waals surface area (Å²) in [5, 5.41) is 7.31. The van der Waals surface area contributed by atoms with Crippen molar-refractivity contribution in [1.82, 2.24) is 15.2 Å². The van der Waals surface area contributed by atoms with Crippen molar-refractivity contribution in [2.24, 2.45) is 5.92 Å². The first-order valence-corrected chi connectivity index (χ1v) is 8.94. The van der Waals surface area contributed by atoms with E-state index >= 15 is 0 Å². The minimum Gasteiger partial charge on any atom is -0.457 e. The highest BCUT2D eigenvalue weighted by atomic mass is 32.2. The molecule has 0 radical (unpaired) electrons. The predicted molar refractivity (Wildman–Crippen MR) is 92.7 cm³/mol. The summed E-state index contributed by atoms with van der Waals surface area (Å²) in [4.78, 5) is 16.2. The van der Waals surface area contributed by atoms with Crippen LogP contribution in [-0.2, 0) is 14.3 Å². The first-order valence-electron chi connectivity index (χ1n) is 7.95. The molecular formula is C17H23N3O3S. The normalized spacial score (nSPS) is 12.3. The highest BCUT2D eigenvalue weighted by Crippen LogP contribution is 2.25. The summed E-state index contributed by atoms with van der Waals surface area (Å²) >= 11 is 1.47. The van der Waals surface area contributed by atoms with Crippen LogP contribution in [0.5, 0.6) is 0 Å². The maximum atomic E-state index is 12.1. The molecule has 0 aliphatic heterocycles. The van der Waals surface area contributed by atoms with Crippen LogP contribution in [0.3, 0.4) is 0 Å². The first kappa shape index (κ1) is 18.5. The van der Waals surface area contributed by atoms with Gasteiger partial charge in [-0.25, -0.2) is 4.98 Å². The summed E-state index contributed by atoms with van der Waals surface area (Å²) in [6.07, 6.45) is 1.37. The molecule has 7 heteroatoms. The van der Waals surface area contributed by atoms with Gasteiger partial charge in [0.15, 0.2) is 5.16 Å². The third kappa shape index (κ3) is 6.72. The standard InChI is InChI=1S/C17H23N3O3S/c1-13(2)10-22-9-8-16(21)23-15(14-6-4-3-5-7-14)11-24-17-18-12-19-20-17/h3-7,12-13,15H,8-11H2,1-2H3,(H,18,19,20)/t15-/m1/s1. The molecule has 1 aromatic carbocycles. The topological polar surface area (TPSA) is 77.1 Å². The molecule has 0 unspecified atom stereocenters. The van der Waals surface area contributed by atoms with Crippen molar-refractivity contribution in [3.63, 3.8) is 0 Å². The number of hydrogen-bond donors (Lipinski definition) is 1. The minimum atomic E-state index is -0.334. The van der Waals surface area contributed by atoms with Crippen LogP contribution in [0.4, 0.5) is 0 Å². The molecule has 6 nitrogen and oxygen atoms in total. The highest BCUT2D eigenvalue weighted by molar-refractivity contribution is 7.99. The van der Waals surface area contributed by atoms with E-state index in [-0.39, 0.29) is 18.5 Å². The molecule has 1 aromatic heterocycles. The average molecular weight is 349 g/mol. The molecule has 0 saturated heterocycles. The number of hydrogen-bond acceptors (Lipinski definition) is 6. The minimum absolute atomic E-state index is 0.253. The number of benzene rings is 1. The summed E-state index contributed by atoms with van der Waals surface area (Å²) in [5.41, 5.74) is 0.959. The van der Waals surface area contributed by atoms with E-state index in [9.17, 15) is 4.79 Å². The first-order chi connectivity index (χ1) is 11.6. The predicted octanol–water partition coefficient (Wildman–Crippen LogP) is 3.24. The molecule has 0 fully saturated rings. The molecule has 0 aliphatic rings. The van der Waals surface area contributed by atoms with Crippen LogP contribution in [-0.4, -0.2) is 40.1 Å². The Morgan fingerprint density at radius 2 is 2.08 bits per heavy atom. The summed E-state index contributed by atoms with van der Waals surface area (Å²) in [5.74, 6) is 0.764. The van der Waals surface area contributed by atoms with E-state index in [0.29, 0.717) is 30.0 Å². The zero-order valence-corrected chi connectivity index (χ0v) is 14.8. The smallest absolute Gasteiger partial charge is 0.308 e. The maximum Gasteiger partial charge on any atom is 0.308 e. The molecule has 1 heterocycles. The molecule has 0 saturated carbocycles. The van der Waals surface area contributed by atoms with Gasteiger partial charge in [0.05, 0.1) is 13.0 Å². The van der Waals surface area contributed by atoms with Crippen LogP contribution in [0.1, 0.15) is 31.9 Å². The van der Waals surface area contributed by atoms with Gasteiger partial charge >= 0.3 is 5.97 Å². The van der Waals surface area contributed by atoms with E-state index in [1.165, 1.54) is 18.1 Å². The monoisotopic (exact) mass is 349 g/mol. The second kappa shape index (κ2) is 10.1. The lowest BCUT2D eigenvalue weighted by Crippen LogP contribution is -2.16. The Kier molecular flexibility index (Phi) is 7.77. The van der Waals surface area contributed by atoms with Crippen LogP contribution in [0, 0.1) is 5.92 Å². The second-order valence-corrected chi connectivity index (χ2v) is 6.72. The third-order valence-corrected chi connectivity index (χ3v) is 4.05. The molecule has 0 bridgehead atoms. The number of esters is 1. The van der Waals surface area contributed by atoms with Crippen LogP contribution in [0.2, 0.25) is 0 Å². The number of aromatic nitrogens is 3. The van der Waals surface area contributed by atoms with E-state index in [0.717, 1.165) is 5.56 Å². The van der Waals surface area contributed by atoms with Gasteiger partial charge < -0.3 is 9.47 Å². The third-order valence-electron chi connectivity index (χ3n) is 3.11. The largest absolute Gasteiger partial charge is 0.457 e. The van der Waals surface area contributed by atoms with Crippen LogP contribution in [0.25, 0.3) is 0 Å².